The first-order valence-corrected chi connectivity index (χ1v) is 7.76. The van der Waals surface area contributed by atoms with E-state index in [1.165, 1.54) is 22.5 Å². The smallest absolute Gasteiger partial charge is 0.422 e. The third kappa shape index (κ3) is 4.39. The summed E-state index contributed by atoms with van der Waals surface area (Å²) in [5.74, 6) is -0.235. The Morgan fingerprint density at radius 2 is 2.00 bits per heavy atom. The van der Waals surface area contributed by atoms with Crippen molar-refractivity contribution in [2.75, 3.05) is 24.4 Å². The van der Waals surface area contributed by atoms with Crippen molar-refractivity contribution in [1.82, 2.24) is 4.31 Å². The first-order valence-electron chi connectivity index (χ1n) is 5.94. The zero-order chi connectivity index (χ0) is 15.7. The van der Waals surface area contributed by atoms with Crippen molar-refractivity contribution < 1.29 is 26.3 Å². The molecule has 21 heavy (non-hydrogen) atoms. The lowest BCUT2D eigenvalue weighted by atomic mass is 10.3. The van der Waals surface area contributed by atoms with E-state index >= 15 is 0 Å². The zero-order valence-corrected chi connectivity index (χ0v) is 12.2. The predicted octanol–water partition coefficient (Wildman–Crippen LogP) is 2.64. The second-order valence-corrected chi connectivity index (χ2v) is 6.51. The van der Waals surface area contributed by atoms with E-state index in [0.29, 0.717) is 13.1 Å². The SMILES string of the molecule is O=S(=O)(Nc1cc(Cl)ccc1OCC(F)(F)F)N1CCC1. The zero-order valence-electron chi connectivity index (χ0n) is 10.7. The fourth-order valence-electron chi connectivity index (χ4n) is 1.60. The van der Waals surface area contributed by atoms with Gasteiger partial charge in [-0.15, -0.1) is 0 Å². The van der Waals surface area contributed by atoms with Gasteiger partial charge in [-0.05, 0) is 24.6 Å². The second-order valence-electron chi connectivity index (χ2n) is 4.40. The van der Waals surface area contributed by atoms with Crippen molar-refractivity contribution >= 4 is 27.5 Å². The lowest BCUT2D eigenvalue weighted by Crippen LogP contribution is -2.45. The van der Waals surface area contributed by atoms with E-state index in [4.69, 9.17) is 11.6 Å². The number of halogens is 4. The maximum Gasteiger partial charge on any atom is 0.422 e. The average molecular weight is 345 g/mol. The summed E-state index contributed by atoms with van der Waals surface area (Å²) in [6, 6.07) is 3.70. The molecule has 0 amide bonds. The fraction of sp³-hybridized carbons (Fsp3) is 0.455. The Morgan fingerprint density at radius 3 is 2.52 bits per heavy atom. The summed E-state index contributed by atoms with van der Waals surface area (Å²) in [5.41, 5.74) is -0.126. The molecule has 118 valence electrons. The quantitative estimate of drug-likeness (QED) is 0.893. The van der Waals surface area contributed by atoms with E-state index in [2.05, 4.69) is 9.46 Å². The number of nitrogens with one attached hydrogen (secondary N) is 1. The van der Waals surface area contributed by atoms with Crippen molar-refractivity contribution in [3.63, 3.8) is 0 Å². The van der Waals surface area contributed by atoms with Gasteiger partial charge < -0.3 is 4.74 Å². The minimum absolute atomic E-state index is 0.126. The molecule has 0 aliphatic carbocycles. The van der Waals surface area contributed by atoms with Crippen LogP contribution in [-0.4, -0.2) is 38.6 Å². The molecule has 1 aromatic rings. The summed E-state index contributed by atoms with van der Waals surface area (Å²) >= 11 is 5.74. The van der Waals surface area contributed by atoms with E-state index in [9.17, 15) is 21.6 Å². The highest BCUT2D eigenvalue weighted by atomic mass is 35.5. The number of ether oxygens (including phenoxy) is 1. The average Bonchev–Trinajstić information content (AvgIpc) is 2.22. The summed E-state index contributed by atoms with van der Waals surface area (Å²) < 4.78 is 68.4. The van der Waals surface area contributed by atoms with Crippen LogP contribution in [0.25, 0.3) is 0 Å². The highest BCUT2D eigenvalue weighted by Crippen LogP contribution is 2.31. The first-order chi connectivity index (χ1) is 9.67. The van der Waals surface area contributed by atoms with E-state index in [0.717, 1.165) is 6.42 Å². The minimum Gasteiger partial charge on any atom is -0.482 e. The van der Waals surface area contributed by atoms with Gasteiger partial charge in [0.1, 0.15) is 5.75 Å². The molecular formula is C11H12ClF3N2O3S. The van der Waals surface area contributed by atoms with Gasteiger partial charge in [0.05, 0.1) is 5.69 Å². The van der Waals surface area contributed by atoms with E-state index in [1.807, 2.05) is 0 Å². The van der Waals surface area contributed by atoms with Gasteiger partial charge in [-0.25, -0.2) is 0 Å². The summed E-state index contributed by atoms with van der Waals surface area (Å²) in [5, 5.41) is 0.177. The van der Waals surface area contributed by atoms with Crippen LogP contribution in [-0.2, 0) is 10.2 Å². The number of hydrogen-bond donors (Lipinski definition) is 1. The van der Waals surface area contributed by atoms with Gasteiger partial charge in [-0.1, -0.05) is 11.6 Å². The fourth-order valence-corrected chi connectivity index (χ4v) is 3.08. The molecule has 1 aromatic carbocycles. The van der Waals surface area contributed by atoms with Crippen LogP contribution in [0.5, 0.6) is 5.75 Å². The number of benzene rings is 1. The molecule has 0 saturated carbocycles. The Bertz CT molecular complexity index is 618. The lowest BCUT2D eigenvalue weighted by Gasteiger charge is -2.30. The van der Waals surface area contributed by atoms with Gasteiger partial charge in [0.25, 0.3) is 0 Å². The van der Waals surface area contributed by atoms with E-state index in [1.54, 1.807) is 0 Å². The molecule has 0 aromatic heterocycles. The van der Waals surface area contributed by atoms with Crippen molar-refractivity contribution in [2.24, 2.45) is 0 Å². The highest BCUT2D eigenvalue weighted by Gasteiger charge is 2.31. The van der Waals surface area contributed by atoms with Gasteiger partial charge >= 0.3 is 16.4 Å². The molecule has 0 atom stereocenters. The second kappa shape index (κ2) is 5.90. The monoisotopic (exact) mass is 344 g/mol. The van der Waals surface area contributed by atoms with Gasteiger partial charge in [0, 0.05) is 18.1 Å². The number of anilines is 1. The Hall–Kier alpha value is -1.19. The number of alkyl halides is 3. The molecule has 10 heteroatoms. The summed E-state index contributed by atoms with van der Waals surface area (Å²) in [4.78, 5) is 0. The maximum absolute atomic E-state index is 12.2. The summed E-state index contributed by atoms with van der Waals surface area (Å²) in [6.07, 6.45) is -3.78. The molecule has 0 unspecified atom stereocenters. The minimum atomic E-state index is -4.52. The van der Waals surface area contributed by atoms with Crippen molar-refractivity contribution in [3.8, 4) is 5.75 Å². The van der Waals surface area contributed by atoms with Crippen molar-refractivity contribution in [2.45, 2.75) is 12.6 Å². The first kappa shape index (κ1) is 16.2. The molecule has 0 bridgehead atoms. The van der Waals surface area contributed by atoms with Crippen LogP contribution in [0.15, 0.2) is 18.2 Å². The molecule has 1 heterocycles. The third-order valence-corrected chi connectivity index (χ3v) is 4.48. The largest absolute Gasteiger partial charge is 0.482 e. The van der Waals surface area contributed by atoms with Crippen LogP contribution < -0.4 is 9.46 Å². The third-order valence-electron chi connectivity index (χ3n) is 2.73. The molecule has 2 rings (SSSR count). The molecular weight excluding hydrogens is 333 g/mol. The molecule has 1 fully saturated rings. The predicted molar refractivity (Wildman–Crippen MR) is 71.7 cm³/mol. The molecule has 1 aliphatic rings. The standard InChI is InChI=1S/C11H12ClF3N2O3S/c12-8-2-3-10(20-7-11(13,14)15)9(6-8)16-21(18,19)17-4-1-5-17/h2-3,6,16H,1,4-5,7H2. The Labute approximate surface area is 124 Å². The van der Waals surface area contributed by atoms with Crippen LogP contribution in [0, 0.1) is 0 Å². The Morgan fingerprint density at radius 1 is 1.33 bits per heavy atom. The van der Waals surface area contributed by atoms with Crippen molar-refractivity contribution in [3.05, 3.63) is 23.2 Å². The Kier molecular flexibility index (Phi) is 4.54. The lowest BCUT2D eigenvalue weighted by molar-refractivity contribution is -0.153. The van der Waals surface area contributed by atoms with Crippen molar-refractivity contribution in [1.29, 1.82) is 0 Å². The maximum atomic E-state index is 12.2. The molecule has 1 aliphatic heterocycles. The van der Waals surface area contributed by atoms with Gasteiger partial charge in [0.2, 0.25) is 0 Å². The van der Waals surface area contributed by atoms with Crippen LogP contribution >= 0.6 is 11.6 Å². The van der Waals surface area contributed by atoms with Crippen LogP contribution in [0.3, 0.4) is 0 Å². The topological polar surface area (TPSA) is 58.6 Å². The number of hydrogen-bond acceptors (Lipinski definition) is 3. The number of rotatable bonds is 5. The highest BCUT2D eigenvalue weighted by molar-refractivity contribution is 7.90. The van der Waals surface area contributed by atoms with Crippen LogP contribution in [0.1, 0.15) is 6.42 Å². The Balaban J connectivity index is 2.19. The summed E-state index contributed by atoms with van der Waals surface area (Å²) in [7, 11) is -3.81. The van der Waals surface area contributed by atoms with E-state index < -0.39 is 23.0 Å². The van der Waals surface area contributed by atoms with Gasteiger partial charge in [-0.3, -0.25) is 4.72 Å². The molecule has 0 radical (unpaired) electrons. The molecule has 0 spiro atoms. The normalized spacial score (nSPS) is 16.4. The molecule has 1 saturated heterocycles. The van der Waals surface area contributed by atoms with Crippen LogP contribution in [0.4, 0.5) is 18.9 Å². The van der Waals surface area contributed by atoms with Gasteiger partial charge in [-0.2, -0.15) is 25.9 Å². The summed E-state index contributed by atoms with van der Waals surface area (Å²) in [6.45, 7) is -0.781. The van der Waals surface area contributed by atoms with Crippen LogP contribution in [0.2, 0.25) is 5.02 Å². The van der Waals surface area contributed by atoms with E-state index in [-0.39, 0.29) is 16.5 Å². The molecule has 1 N–H and O–H groups in total. The number of nitrogens with zero attached hydrogens (tertiary/aromatic N) is 1. The van der Waals surface area contributed by atoms with Gasteiger partial charge in [0.15, 0.2) is 6.61 Å². The molecule has 5 nitrogen and oxygen atoms in total.